The van der Waals surface area contributed by atoms with Gasteiger partial charge in [0.1, 0.15) is 0 Å². The second kappa shape index (κ2) is 5.12. The van der Waals surface area contributed by atoms with Crippen LogP contribution in [0, 0.1) is 5.92 Å². The molecule has 4 heteroatoms. The third kappa shape index (κ3) is 2.57. The molecule has 2 heterocycles. The largest absolute Gasteiger partial charge is 0.316 e. The molecule has 0 radical (unpaired) electrons. The van der Waals surface area contributed by atoms with E-state index < -0.39 is 0 Å². The fourth-order valence-electron chi connectivity index (χ4n) is 2.45. The molecule has 0 saturated carbocycles. The van der Waals surface area contributed by atoms with E-state index in [0.717, 1.165) is 36.1 Å². The summed E-state index contributed by atoms with van der Waals surface area (Å²) in [6.07, 6.45) is 6.43. The van der Waals surface area contributed by atoms with Crippen molar-refractivity contribution in [1.82, 2.24) is 15.1 Å². The summed E-state index contributed by atoms with van der Waals surface area (Å²) in [4.78, 5) is 0. The Morgan fingerprint density at radius 1 is 1.44 bits per heavy atom. The van der Waals surface area contributed by atoms with E-state index in [0.29, 0.717) is 0 Å². The number of benzene rings is 1. The van der Waals surface area contributed by atoms with Crippen LogP contribution in [0.2, 0.25) is 5.02 Å². The van der Waals surface area contributed by atoms with Crippen LogP contribution in [0.15, 0.2) is 36.7 Å². The highest BCUT2D eigenvalue weighted by molar-refractivity contribution is 6.30. The Balaban J connectivity index is 1.76. The summed E-state index contributed by atoms with van der Waals surface area (Å²) in [7, 11) is 0. The molecule has 1 aliphatic rings. The molecule has 94 valence electrons. The first-order chi connectivity index (χ1) is 8.81. The number of nitrogens with zero attached hydrogens (tertiary/aromatic N) is 2. The molecule has 0 amide bonds. The van der Waals surface area contributed by atoms with Crippen LogP contribution in [0.1, 0.15) is 12.0 Å². The lowest BCUT2D eigenvalue weighted by atomic mass is 10.0. The van der Waals surface area contributed by atoms with Crippen molar-refractivity contribution >= 4 is 11.6 Å². The molecule has 0 bridgehead atoms. The highest BCUT2D eigenvalue weighted by Gasteiger charge is 2.15. The Morgan fingerprint density at radius 3 is 3.17 bits per heavy atom. The lowest BCUT2D eigenvalue weighted by Gasteiger charge is -2.05. The highest BCUT2D eigenvalue weighted by Crippen LogP contribution is 2.18. The van der Waals surface area contributed by atoms with E-state index in [1.807, 2.05) is 35.1 Å². The molecule has 1 saturated heterocycles. The zero-order chi connectivity index (χ0) is 12.4. The van der Waals surface area contributed by atoms with Crippen LogP contribution in [0.5, 0.6) is 0 Å². The second-order valence-electron chi connectivity index (χ2n) is 4.84. The lowest BCUT2D eigenvalue weighted by Crippen LogP contribution is -2.10. The fraction of sp³-hybridized carbons (Fsp3) is 0.357. The second-order valence-corrected chi connectivity index (χ2v) is 5.27. The van der Waals surface area contributed by atoms with Gasteiger partial charge in [-0.3, -0.25) is 0 Å². The molecule has 1 aromatic carbocycles. The molecule has 2 aromatic rings. The molecule has 3 nitrogen and oxygen atoms in total. The first-order valence-electron chi connectivity index (χ1n) is 6.31. The van der Waals surface area contributed by atoms with E-state index in [1.165, 1.54) is 12.0 Å². The van der Waals surface area contributed by atoms with Gasteiger partial charge in [-0.05, 0) is 55.6 Å². The molecule has 0 aliphatic carbocycles. The maximum atomic E-state index is 5.99. The molecule has 1 aliphatic heterocycles. The molecule has 1 atom stereocenters. The minimum Gasteiger partial charge on any atom is -0.316 e. The van der Waals surface area contributed by atoms with Crippen LogP contribution in [-0.4, -0.2) is 22.9 Å². The van der Waals surface area contributed by atoms with Gasteiger partial charge in [0.2, 0.25) is 0 Å². The zero-order valence-corrected chi connectivity index (χ0v) is 10.9. The third-order valence-corrected chi connectivity index (χ3v) is 3.63. The summed E-state index contributed by atoms with van der Waals surface area (Å²) in [6, 6.07) is 7.76. The number of hydrogen-bond acceptors (Lipinski definition) is 2. The minimum atomic E-state index is 0.740. The normalized spacial score (nSPS) is 19.3. The van der Waals surface area contributed by atoms with Crippen molar-refractivity contribution in [3.63, 3.8) is 0 Å². The summed E-state index contributed by atoms with van der Waals surface area (Å²) < 4.78 is 1.89. The van der Waals surface area contributed by atoms with Gasteiger partial charge in [-0.2, -0.15) is 5.10 Å². The average Bonchev–Trinajstić information content (AvgIpc) is 3.01. The molecular formula is C14H16ClN3. The van der Waals surface area contributed by atoms with Crippen molar-refractivity contribution in [2.45, 2.75) is 12.8 Å². The SMILES string of the molecule is Clc1cccc(-n2cc(CC3CCNC3)cn2)c1. The van der Waals surface area contributed by atoms with Crippen LogP contribution in [0.4, 0.5) is 0 Å². The van der Waals surface area contributed by atoms with Crippen LogP contribution >= 0.6 is 11.6 Å². The van der Waals surface area contributed by atoms with Gasteiger partial charge in [-0.1, -0.05) is 17.7 Å². The van der Waals surface area contributed by atoms with Crippen molar-refractivity contribution in [3.05, 3.63) is 47.2 Å². The quantitative estimate of drug-likeness (QED) is 0.921. The van der Waals surface area contributed by atoms with Gasteiger partial charge in [0.15, 0.2) is 0 Å². The Labute approximate surface area is 112 Å². The number of halogens is 1. The number of rotatable bonds is 3. The lowest BCUT2D eigenvalue weighted by molar-refractivity contribution is 0.580. The maximum Gasteiger partial charge on any atom is 0.0660 e. The molecule has 1 aromatic heterocycles. The summed E-state index contributed by atoms with van der Waals surface area (Å²) >= 11 is 5.99. The number of hydrogen-bond donors (Lipinski definition) is 1. The van der Waals surface area contributed by atoms with E-state index in [1.54, 1.807) is 0 Å². The Morgan fingerprint density at radius 2 is 2.39 bits per heavy atom. The monoisotopic (exact) mass is 261 g/mol. The summed E-state index contributed by atoms with van der Waals surface area (Å²) in [5, 5.41) is 8.54. The summed E-state index contributed by atoms with van der Waals surface area (Å²) in [5.41, 5.74) is 2.31. The van der Waals surface area contributed by atoms with Crippen molar-refractivity contribution < 1.29 is 0 Å². The summed E-state index contributed by atoms with van der Waals surface area (Å²) in [6.45, 7) is 2.27. The molecule has 0 spiro atoms. The molecule has 1 N–H and O–H groups in total. The first kappa shape index (κ1) is 11.8. The topological polar surface area (TPSA) is 29.9 Å². The highest BCUT2D eigenvalue weighted by atomic mass is 35.5. The van der Waals surface area contributed by atoms with E-state index >= 15 is 0 Å². The first-order valence-corrected chi connectivity index (χ1v) is 6.69. The fourth-order valence-corrected chi connectivity index (χ4v) is 2.63. The molecular weight excluding hydrogens is 246 g/mol. The predicted octanol–water partition coefficient (Wildman–Crippen LogP) is 2.68. The predicted molar refractivity (Wildman–Crippen MR) is 73.3 cm³/mol. The smallest absolute Gasteiger partial charge is 0.0660 e. The molecule has 18 heavy (non-hydrogen) atoms. The standard InChI is InChI=1S/C14H16ClN3/c15-13-2-1-3-14(7-13)18-10-12(9-17-18)6-11-4-5-16-8-11/h1-3,7,9-11,16H,4-6,8H2. The van der Waals surface area contributed by atoms with Crippen LogP contribution in [-0.2, 0) is 6.42 Å². The molecule has 1 unspecified atom stereocenters. The van der Waals surface area contributed by atoms with E-state index in [2.05, 4.69) is 16.6 Å². The van der Waals surface area contributed by atoms with E-state index in [9.17, 15) is 0 Å². The van der Waals surface area contributed by atoms with Crippen LogP contribution < -0.4 is 5.32 Å². The average molecular weight is 262 g/mol. The van der Waals surface area contributed by atoms with Gasteiger partial charge < -0.3 is 5.32 Å². The van der Waals surface area contributed by atoms with Gasteiger partial charge in [0, 0.05) is 11.2 Å². The van der Waals surface area contributed by atoms with Gasteiger partial charge in [0.25, 0.3) is 0 Å². The number of aromatic nitrogens is 2. The van der Waals surface area contributed by atoms with Crippen molar-refractivity contribution in [1.29, 1.82) is 0 Å². The van der Waals surface area contributed by atoms with E-state index in [4.69, 9.17) is 11.6 Å². The number of nitrogens with one attached hydrogen (secondary N) is 1. The maximum absolute atomic E-state index is 5.99. The Hall–Kier alpha value is -1.32. The summed E-state index contributed by atoms with van der Waals surface area (Å²) in [5.74, 6) is 0.752. The zero-order valence-electron chi connectivity index (χ0n) is 10.1. The van der Waals surface area contributed by atoms with Crippen LogP contribution in [0.3, 0.4) is 0 Å². The van der Waals surface area contributed by atoms with Gasteiger partial charge in [-0.25, -0.2) is 4.68 Å². The third-order valence-electron chi connectivity index (χ3n) is 3.40. The van der Waals surface area contributed by atoms with Gasteiger partial charge >= 0.3 is 0 Å². The van der Waals surface area contributed by atoms with Crippen molar-refractivity contribution in [2.75, 3.05) is 13.1 Å². The van der Waals surface area contributed by atoms with Gasteiger partial charge in [0.05, 0.1) is 11.9 Å². The molecule has 1 fully saturated rings. The van der Waals surface area contributed by atoms with E-state index in [-0.39, 0.29) is 0 Å². The Kier molecular flexibility index (Phi) is 3.35. The van der Waals surface area contributed by atoms with Crippen molar-refractivity contribution in [3.8, 4) is 5.69 Å². The van der Waals surface area contributed by atoms with Crippen molar-refractivity contribution in [2.24, 2.45) is 5.92 Å². The van der Waals surface area contributed by atoms with Crippen LogP contribution in [0.25, 0.3) is 5.69 Å². The molecule has 3 rings (SSSR count). The van der Waals surface area contributed by atoms with Gasteiger partial charge in [-0.15, -0.1) is 0 Å². The minimum absolute atomic E-state index is 0.740. The Bertz CT molecular complexity index is 529.